The van der Waals surface area contributed by atoms with E-state index in [-0.39, 0.29) is 24.1 Å². The smallest absolute Gasteiger partial charge is 0.412 e. The van der Waals surface area contributed by atoms with Crippen LogP contribution in [0.2, 0.25) is 0 Å². The van der Waals surface area contributed by atoms with E-state index >= 15 is 0 Å². The third kappa shape index (κ3) is 12.5. The molecule has 1 aromatic rings. The second-order valence-electron chi connectivity index (χ2n) is 11.4. The third-order valence-electron chi connectivity index (χ3n) is 4.19. The molecule has 0 radical (unpaired) electrons. The fraction of sp³-hybridized carbons (Fsp3) is 0.600. The number of carbonyl (C=O) groups is 4. The largest absolute Gasteiger partial charge is 0.460 e. The van der Waals surface area contributed by atoms with Crippen LogP contribution in [-0.4, -0.2) is 51.7 Å². The maximum Gasteiger partial charge on any atom is 0.412 e. The van der Waals surface area contributed by atoms with Gasteiger partial charge in [-0.1, -0.05) is 0 Å². The molecule has 0 spiro atoms. The van der Waals surface area contributed by atoms with Crippen molar-refractivity contribution in [2.45, 2.75) is 98.0 Å². The molecule has 0 heterocycles. The minimum absolute atomic E-state index is 0.0412. The molecule has 212 valence electrons. The van der Waals surface area contributed by atoms with Crippen molar-refractivity contribution >= 4 is 35.3 Å². The van der Waals surface area contributed by atoms with Crippen molar-refractivity contribution in [1.82, 2.24) is 10.9 Å². The van der Waals surface area contributed by atoms with Crippen molar-refractivity contribution in [3.63, 3.8) is 0 Å². The highest BCUT2D eigenvalue weighted by Gasteiger charge is 2.29. The number of hydrogen-bond acceptors (Lipinski definition) is 10. The molecule has 2 amide bonds. The van der Waals surface area contributed by atoms with Crippen LogP contribution >= 0.6 is 0 Å². The van der Waals surface area contributed by atoms with Crippen LogP contribution in [0, 0.1) is 10.1 Å². The predicted octanol–water partition coefficient (Wildman–Crippen LogP) is 4.01. The van der Waals surface area contributed by atoms with Crippen molar-refractivity contribution in [2.24, 2.45) is 0 Å². The average molecular weight is 539 g/mol. The minimum atomic E-state index is -1.15. The van der Waals surface area contributed by atoms with Crippen molar-refractivity contribution in [3.05, 3.63) is 33.9 Å². The zero-order valence-electron chi connectivity index (χ0n) is 23.3. The van der Waals surface area contributed by atoms with Crippen molar-refractivity contribution in [2.75, 3.05) is 5.32 Å². The summed E-state index contributed by atoms with van der Waals surface area (Å²) in [5, 5.41) is 14.0. The first-order chi connectivity index (χ1) is 17.2. The summed E-state index contributed by atoms with van der Waals surface area (Å²) in [6, 6.07) is 2.29. The zero-order chi connectivity index (χ0) is 29.5. The number of benzene rings is 1. The molecule has 0 saturated carbocycles. The number of nitro benzene ring substituents is 1. The maximum absolute atomic E-state index is 12.8. The Balaban J connectivity index is 3.03. The van der Waals surface area contributed by atoms with E-state index in [1.165, 1.54) is 6.07 Å². The van der Waals surface area contributed by atoms with Crippen LogP contribution in [0.25, 0.3) is 0 Å². The van der Waals surface area contributed by atoms with Crippen LogP contribution in [0.4, 0.5) is 16.2 Å². The van der Waals surface area contributed by atoms with Crippen LogP contribution in [0.1, 0.15) is 85.5 Å². The Morgan fingerprint density at radius 3 is 1.95 bits per heavy atom. The molecule has 1 aromatic carbocycles. The Bertz CT molecular complexity index is 1050. The van der Waals surface area contributed by atoms with E-state index in [1.807, 2.05) is 0 Å². The second-order valence-corrected chi connectivity index (χ2v) is 11.4. The highest BCUT2D eigenvalue weighted by Crippen LogP contribution is 2.24. The number of carbonyl (C=O) groups excluding carboxylic acids is 4. The molecule has 0 aliphatic heterocycles. The molecular formula is C25H38N4O9. The minimum Gasteiger partial charge on any atom is -0.460 e. The summed E-state index contributed by atoms with van der Waals surface area (Å²) in [5.74, 6) is -2.22. The van der Waals surface area contributed by atoms with Gasteiger partial charge in [0.15, 0.2) is 0 Å². The Labute approximate surface area is 222 Å². The van der Waals surface area contributed by atoms with Gasteiger partial charge in [-0.2, -0.15) is 0 Å². The first-order valence-electron chi connectivity index (χ1n) is 12.0. The molecule has 0 aromatic heterocycles. The molecule has 1 unspecified atom stereocenters. The van der Waals surface area contributed by atoms with E-state index < -0.39 is 57.4 Å². The van der Waals surface area contributed by atoms with Gasteiger partial charge < -0.3 is 14.2 Å². The highest BCUT2D eigenvalue weighted by atomic mass is 16.6. The molecule has 3 N–H and O–H groups in total. The molecular weight excluding hydrogens is 500 g/mol. The van der Waals surface area contributed by atoms with Crippen LogP contribution in [0.3, 0.4) is 0 Å². The number of hydrazine groups is 1. The fourth-order valence-electron chi connectivity index (χ4n) is 2.87. The van der Waals surface area contributed by atoms with Crippen LogP contribution in [0.5, 0.6) is 0 Å². The number of esters is 2. The van der Waals surface area contributed by atoms with Crippen LogP contribution in [0.15, 0.2) is 18.2 Å². The molecule has 38 heavy (non-hydrogen) atoms. The summed E-state index contributed by atoms with van der Waals surface area (Å²) in [6.45, 7) is 15.1. The van der Waals surface area contributed by atoms with Gasteiger partial charge in [-0.3, -0.25) is 35.2 Å². The van der Waals surface area contributed by atoms with E-state index in [2.05, 4.69) is 16.2 Å². The number of nitrogens with zero attached hydrogens (tertiary/aromatic N) is 1. The lowest BCUT2D eigenvalue weighted by Gasteiger charge is -2.25. The van der Waals surface area contributed by atoms with Crippen LogP contribution < -0.4 is 16.2 Å². The molecule has 0 aliphatic rings. The predicted molar refractivity (Wildman–Crippen MR) is 138 cm³/mol. The zero-order valence-corrected chi connectivity index (χ0v) is 23.3. The van der Waals surface area contributed by atoms with Gasteiger partial charge in [-0.05, 0) is 80.9 Å². The Kier molecular flexibility index (Phi) is 10.8. The number of nitro groups is 1. The Morgan fingerprint density at radius 2 is 1.45 bits per heavy atom. The molecule has 0 bridgehead atoms. The number of nitrogens with one attached hydrogen (secondary N) is 3. The topological polar surface area (TPSA) is 175 Å². The van der Waals surface area contributed by atoms with E-state index in [0.717, 1.165) is 12.1 Å². The van der Waals surface area contributed by atoms with Crippen LogP contribution in [-0.2, 0) is 23.8 Å². The van der Waals surface area contributed by atoms with E-state index in [0.29, 0.717) is 0 Å². The van der Waals surface area contributed by atoms with Gasteiger partial charge in [0.05, 0.1) is 10.6 Å². The molecule has 0 fully saturated rings. The lowest BCUT2D eigenvalue weighted by molar-refractivity contribution is -0.385. The standard InChI is InChI=1S/C25H38N4O9/c1-23(2,3)36-19(30)13-12-17(21(32)37-24(4,5)6)27-28-20(31)16-11-10-15(14-18(16)29(34)35)26-22(33)38-25(7,8)9/h10-11,14,17,27H,12-13H2,1-9H3,(H,26,33)(H,28,31). The van der Waals surface area contributed by atoms with Crippen molar-refractivity contribution in [3.8, 4) is 0 Å². The van der Waals surface area contributed by atoms with E-state index in [9.17, 15) is 29.3 Å². The molecule has 13 nitrogen and oxygen atoms in total. The number of rotatable bonds is 9. The summed E-state index contributed by atoms with van der Waals surface area (Å²) in [7, 11) is 0. The first-order valence-corrected chi connectivity index (χ1v) is 12.0. The molecule has 0 saturated heterocycles. The van der Waals surface area contributed by atoms with Gasteiger partial charge in [0.1, 0.15) is 28.4 Å². The average Bonchev–Trinajstić information content (AvgIpc) is 2.69. The Morgan fingerprint density at radius 1 is 0.895 bits per heavy atom. The summed E-state index contributed by atoms with van der Waals surface area (Å²) in [5.41, 5.74) is 1.53. The van der Waals surface area contributed by atoms with Gasteiger partial charge in [-0.25, -0.2) is 10.2 Å². The van der Waals surface area contributed by atoms with Gasteiger partial charge in [0.2, 0.25) is 0 Å². The molecule has 0 aliphatic carbocycles. The third-order valence-corrected chi connectivity index (χ3v) is 4.19. The molecule has 13 heteroatoms. The maximum atomic E-state index is 12.8. The summed E-state index contributed by atoms with van der Waals surface area (Å²) in [6.07, 6.45) is -1.06. The molecule has 1 atom stereocenters. The van der Waals surface area contributed by atoms with E-state index in [4.69, 9.17) is 14.2 Å². The van der Waals surface area contributed by atoms with Gasteiger partial charge >= 0.3 is 18.0 Å². The number of anilines is 1. The summed E-state index contributed by atoms with van der Waals surface area (Å²) in [4.78, 5) is 60.4. The fourth-order valence-corrected chi connectivity index (χ4v) is 2.87. The van der Waals surface area contributed by atoms with Crippen molar-refractivity contribution < 1.29 is 38.3 Å². The second kappa shape index (κ2) is 12.7. The number of amides is 2. The normalized spacial score (nSPS) is 12.7. The van der Waals surface area contributed by atoms with E-state index in [1.54, 1.807) is 62.3 Å². The SMILES string of the molecule is CC(C)(C)OC(=O)CCC(NNC(=O)c1ccc(NC(=O)OC(C)(C)C)cc1[N+](=O)[O-])C(=O)OC(C)(C)C. The monoisotopic (exact) mass is 538 g/mol. The summed E-state index contributed by atoms with van der Waals surface area (Å²) < 4.78 is 15.7. The number of hydrogen-bond donors (Lipinski definition) is 3. The van der Waals surface area contributed by atoms with Gasteiger partial charge in [0, 0.05) is 12.5 Å². The summed E-state index contributed by atoms with van der Waals surface area (Å²) >= 11 is 0. The first kappa shape index (κ1) is 32.3. The lowest BCUT2D eigenvalue weighted by atomic mass is 10.1. The highest BCUT2D eigenvalue weighted by molar-refractivity contribution is 5.99. The van der Waals surface area contributed by atoms with Crippen molar-refractivity contribution in [1.29, 1.82) is 0 Å². The number of ether oxygens (including phenoxy) is 3. The van der Waals surface area contributed by atoms with Gasteiger partial charge in [-0.15, -0.1) is 0 Å². The van der Waals surface area contributed by atoms with Gasteiger partial charge in [0.25, 0.3) is 11.6 Å². The molecule has 1 rings (SSSR count). The quantitative estimate of drug-likeness (QED) is 0.180. The lowest BCUT2D eigenvalue weighted by Crippen LogP contribution is -2.50. The Hall–Kier alpha value is -3.74.